The van der Waals surface area contributed by atoms with E-state index in [1.807, 2.05) is 0 Å². The minimum Gasteiger partial charge on any atom is -0.462 e. The maximum atomic E-state index is 12.0. The third-order valence-corrected chi connectivity index (χ3v) is 5.27. The summed E-state index contributed by atoms with van der Waals surface area (Å²) in [6.07, 6.45) is 15.2. The lowest BCUT2D eigenvalue weighted by Gasteiger charge is -2.28. The van der Waals surface area contributed by atoms with Gasteiger partial charge in [0.05, 0.1) is 12.2 Å². The van der Waals surface area contributed by atoms with Crippen LogP contribution >= 0.6 is 0 Å². The largest absolute Gasteiger partial charge is 0.462 e. The van der Waals surface area contributed by atoms with Crippen molar-refractivity contribution < 1.29 is 14.3 Å². The number of fused-ring (bicyclic) bond motifs is 3. The summed E-state index contributed by atoms with van der Waals surface area (Å²) in [6.45, 7) is 2.13. The first-order chi connectivity index (χ1) is 10.3. The second-order valence-corrected chi connectivity index (χ2v) is 6.79. The number of cyclic esters (lactones) is 1. The Labute approximate surface area is 128 Å². The molecule has 2 aliphatic heterocycles. The van der Waals surface area contributed by atoms with E-state index in [2.05, 4.69) is 19.1 Å². The average molecular weight is 292 g/mol. The highest BCUT2D eigenvalue weighted by Crippen LogP contribution is 2.49. The van der Waals surface area contributed by atoms with E-state index in [4.69, 9.17) is 9.47 Å². The first-order valence-corrected chi connectivity index (χ1v) is 8.81. The van der Waals surface area contributed by atoms with Crippen molar-refractivity contribution in [2.24, 2.45) is 11.8 Å². The van der Waals surface area contributed by atoms with E-state index >= 15 is 0 Å². The molecule has 5 atom stereocenters. The van der Waals surface area contributed by atoms with Gasteiger partial charge >= 0.3 is 5.97 Å². The van der Waals surface area contributed by atoms with Gasteiger partial charge in [-0.1, -0.05) is 38.3 Å². The summed E-state index contributed by atoms with van der Waals surface area (Å²) in [5.41, 5.74) is 0. The average Bonchev–Trinajstić information content (AvgIpc) is 3.16. The molecule has 3 aliphatic rings. The zero-order chi connectivity index (χ0) is 14.7. The van der Waals surface area contributed by atoms with Crippen molar-refractivity contribution in [2.75, 3.05) is 0 Å². The van der Waals surface area contributed by atoms with Crippen LogP contribution in [0.3, 0.4) is 0 Å². The number of carbonyl (C=O) groups is 1. The molecular formula is C18H28O3. The van der Waals surface area contributed by atoms with Gasteiger partial charge in [-0.05, 0) is 32.1 Å². The highest BCUT2D eigenvalue weighted by atomic mass is 16.6. The molecule has 1 saturated carbocycles. The van der Waals surface area contributed by atoms with Crippen LogP contribution in [0.4, 0.5) is 0 Å². The first-order valence-electron chi connectivity index (χ1n) is 8.81. The van der Waals surface area contributed by atoms with Gasteiger partial charge in [-0.15, -0.1) is 0 Å². The monoisotopic (exact) mass is 292 g/mol. The van der Waals surface area contributed by atoms with Crippen molar-refractivity contribution in [2.45, 2.75) is 83.0 Å². The molecular weight excluding hydrogens is 264 g/mol. The molecule has 2 heterocycles. The van der Waals surface area contributed by atoms with E-state index in [0.717, 1.165) is 25.7 Å². The molecule has 0 spiro atoms. The summed E-state index contributed by atoms with van der Waals surface area (Å²) in [7, 11) is 0. The molecule has 3 rings (SSSR count). The fourth-order valence-electron chi connectivity index (χ4n) is 4.02. The Morgan fingerprint density at radius 3 is 2.86 bits per heavy atom. The van der Waals surface area contributed by atoms with Crippen LogP contribution in [0.2, 0.25) is 0 Å². The topological polar surface area (TPSA) is 38.8 Å². The van der Waals surface area contributed by atoms with Crippen LogP contribution in [0, 0.1) is 11.8 Å². The molecule has 3 heteroatoms. The van der Waals surface area contributed by atoms with Gasteiger partial charge in [0.1, 0.15) is 6.10 Å². The zero-order valence-corrected chi connectivity index (χ0v) is 13.1. The van der Waals surface area contributed by atoms with Crippen LogP contribution < -0.4 is 0 Å². The van der Waals surface area contributed by atoms with Gasteiger partial charge in [-0.2, -0.15) is 0 Å². The Hall–Kier alpha value is -0.830. The van der Waals surface area contributed by atoms with E-state index in [1.165, 1.54) is 25.7 Å². The van der Waals surface area contributed by atoms with Crippen LogP contribution in [0.1, 0.15) is 64.7 Å². The molecule has 0 aromatic heterocycles. The third-order valence-electron chi connectivity index (χ3n) is 5.27. The summed E-state index contributed by atoms with van der Waals surface area (Å²) >= 11 is 0. The molecule has 1 aliphatic carbocycles. The normalized spacial score (nSPS) is 42.3. The fraction of sp³-hybridized carbons (Fsp3) is 0.833. The molecule has 0 amide bonds. The van der Waals surface area contributed by atoms with Crippen LogP contribution in [-0.2, 0) is 14.3 Å². The van der Waals surface area contributed by atoms with E-state index in [1.54, 1.807) is 0 Å². The summed E-state index contributed by atoms with van der Waals surface area (Å²) in [5.74, 6) is 0.917. The molecule has 0 radical (unpaired) electrons. The molecule has 2 fully saturated rings. The summed E-state index contributed by atoms with van der Waals surface area (Å²) in [6, 6.07) is 0. The van der Waals surface area contributed by atoms with Crippen molar-refractivity contribution in [3.8, 4) is 0 Å². The van der Waals surface area contributed by atoms with Gasteiger partial charge in [0.25, 0.3) is 0 Å². The van der Waals surface area contributed by atoms with E-state index in [9.17, 15) is 4.79 Å². The number of hydrogen-bond acceptors (Lipinski definition) is 3. The number of hydrogen-bond donors (Lipinski definition) is 0. The van der Waals surface area contributed by atoms with Gasteiger partial charge in [0, 0.05) is 18.3 Å². The predicted octanol–water partition coefficient (Wildman–Crippen LogP) is 4.01. The molecule has 4 unspecified atom stereocenters. The molecule has 0 aromatic rings. The Kier molecular flexibility index (Phi) is 4.99. The van der Waals surface area contributed by atoms with Gasteiger partial charge in [0.15, 0.2) is 0 Å². The Bertz CT molecular complexity index is 390. The van der Waals surface area contributed by atoms with Crippen LogP contribution in [0.5, 0.6) is 0 Å². The maximum Gasteiger partial charge on any atom is 0.306 e. The minimum absolute atomic E-state index is 0.00290. The molecule has 118 valence electrons. The first kappa shape index (κ1) is 15.1. The van der Waals surface area contributed by atoms with Gasteiger partial charge in [-0.25, -0.2) is 0 Å². The third kappa shape index (κ3) is 3.68. The lowest BCUT2D eigenvalue weighted by molar-refractivity contribution is -0.153. The molecule has 1 saturated heterocycles. The molecule has 21 heavy (non-hydrogen) atoms. The maximum absolute atomic E-state index is 12.0. The van der Waals surface area contributed by atoms with Gasteiger partial charge in [0.2, 0.25) is 0 Å². The number of rotatable bonds is 1. The highest BCUT2D eigenvalue weighted by molar-refractivity contribution is 5.69. The number of carbonyl (C=O) groups excluding carboxylic acids is 1. The number of esters is 1. The summed E-state index contributed by atoms with van der Waals surface area (Å²) < 4.78 is 11.5. The number of ether oxygens (including phenoxy) is 2. The van der Waals surface area contributed by atoms with Gasteiger partial charge in [-0.3, -0.25) is 4.79 Å². The summed E-state index contributed by atoms with van der Waals surface area (Å²) in [4.78, 5) is 12.0. The van der Waals surface area contributed by atoms with Crippen LogP contribution in [0.25, 0.3) is 0 Å². The van der Waals surface area contributed by atoms with E-state index in [0.29, 0.717) is 30.5 Å². The van der Waals surface area contributed by atoms with Crippen LogP contribution in [0.15, 0.2) is 12.2 Å². The second kappa shape index (κ2) is 6.95. The standard InChI is InChI=1S/C18H28O3/c1-2-15-14-12-16-18(21-16)13(14)10-8-6-4-3-5-7-9-11-17(19)20-15/h8,10,13-16,18H,2-7,9,11-12H2,1H3/b10-8+/t13?,14?,15?,16-,18?/m0/s1. The zero-order valence-electron chi connectivity index (χ0n) is 13.1. The van der Waals surface area contributed by atoms with Crippen molar-refractivity contribution >= 4 is 5.97 Å². The van der Waals surface area contributed by atoms with Crippen molar-refractivity contribution in [3.05, 3.63) is 12.2 Å². The Morgan fingerprint density at radius 1 is 1.19 bits per heavy atom. The Morgan fingerprint density at radius 2 is 2.00 bits per heavy atom. The molecule has 3 nitrogen and oxygen atoms in total. The fourth-order valence-corrected chi connectivity index (χ4v) is 4.02. The Balaban J connectivity index is 1.69. The lowest BCUT2D eigenvalue weighted by atomic mass is 9.87. The summed E-state index contributed by atoms with van der Waals surface area (Å²) in [5, 5.41) is 0. The SMILES string of the molecule is CCC1OC(=O)CCCCCCC/C=C/C2C1C[C@@H]1OC21. The van der Waals surface area contributed by atoms with Gasteiger partial charge < -0.3 is 9.47 Å². The lowest BCUT2D eigenvalue weighted by Crippen LogP contribution is -2.31. The van der Waals surface area contributed by atoms with E-state index in [-0.39, 0.29) is 12.1 Å². The quantitative estimate of drug-likeness (QED) is 0.416. The van der Waals surface area contributed by atoms with Crippen molar-refractivity contribution in [1.82, 2.24) is 0 Å². The molecule has 0 aromatic carbocycles. The highest BCUT2D eigenvalue weighted by Gasteiger charge is 2.56. The minimum atomic E-state index is 0.00290. The smallest absolute Gasteiger partial charge is 0.306 e. The molecule has 0 N–H and O–H groups in total. The van der Waals surface area contributed by atoms with Crippen molar-refractivity contribution in [1.29, 1.82) is 0 Å². The second-order valence-electron chi connectivity index (χ2n) is 6.79. The molecule has 0 bridgehead atoms. The number of allylic oxidation sites excluding steroid dienone is 1. The number of epoxide rings is 1. The van der Waals surface area contributed by atoms with E-state index < -0.39 is 0 Å². The predicted molar refractivity (Wildman–Crippen MR) is 81.9 cm³/mol. The van der Waals surface area contributed by atoms with Crippen molar-refractivity contribution in [3.63, 3.8) is 0 Å². The van der Waals surface area contributed by atoms with Crippen LogP contribution in [-0.4, -0.2) is 24.3 Å².